The molecule has 3 aromatic carbocycles. The summed E-state index contributed by atoms with van der Waals surface area (Å²) in [4.78, 5) is 34.3. The first kappa shape index (κ1) is 33.0. The maximum Gasteiger partial charge on any atom is 0.410 e. The summed E-state index contributed by atoms with van der Waals surface area (Å²) in [5.74, 6) is -0.653. The zero-order valence-corrected chi connectivity index (χ0v) is 28.2. The molecule has 0 spiro atoms. The standard InChI is InChI=1S/C39H48FN3O4/c1-39(2,3)47-38(45)42-20-18-33(29-13-8-12-28(22-29)27-10-6-5-7-11-27)35(26-42)37(44)43(32-15-16-32)25-30-24-41(19-9-21-46-4)36-17-14-31(40)23-34(30)36/h5-8,10-14,17,22-23,30,32-33,35H,9,15-16,18-21,24-26H2,1-4H3/t30?,33-,35+/m1/s1. The van der Waals surface area contributed by atoms with Crippen LogP contribution in [-0.2, 0) is 14.3 Å². The molecule has 0 N–H and O–H groups in total. The second-order valence-corrected chi connectivity index (χ2v) is 14.3. The molecule has 6 rings (SSSR count). The molecule has 47 heavy (non-hydrogen) atoms. The van der Waals surface area contributed by atoms with Gasteiger partial charge >= 0.3 is 6.09 Å². The minimum atomic E-state index is -0.627. The zero-order valence-electron chi connectivity index (χ0n) is 28.2. The van der Waals surface area contributed by atoms with Gasteiger partial charge in [-0.05, 0) is 92.8 Å². The highest BCUT2D eigenvalue weighted by Crippen LogP contribution is 2.42. The van der Waals surface area contributed by atoms with Crippen LogP contribution in [0.3, 0.4) is 0 Å². The van der Waals surface area contributed by atoms with Gasteiger partial charge in [0.05, 0.1) is 5.92 Å². The van der Waals surface area contributed by atoms with Gasteiger partial charge in [-0.2, -0.15) is 0 Å². The number of carbonyl (C=O) groups excluding carboxylic acids is 2. The summed E-state index contributed by atoms with van der Waals surface area (Å²) in [5, 5.41) is 0. The number of nitrogens with zero attached hydrogens (tertiary/aromatic N) is 3. The Balaban J connectivity index is 1.29. The van der Waals surface area contributed by atoms with Gasteiger partial charge in [0.15, 0.2) is 0 Å². The van der Waals surface area contributed by atoms with E-state index in [9.17, 15) is 14.0 Å². The quantitative estimate of drug-likeness (QED) is 0.215. The molecule has 2 fully saturated rings. The van der Waals surface area contributed by atoms with E-state index >= 15 is 0 Å². The van der Waals surface area contributed by atoms with Crippen LogP contribution in [0.4, 0.5) is 14.9 Å². The van der Waals surface area contributed by atoms with Crippen LogP contribution >= 0.6 is 0 Å². The first-order valence-corrected chi connectivity index (χ1v) is 17.1. The average molecular weight is 642 g/mol. The number of halogens is 1. The van der Waals surface area contributed by atoms with Gasteiger partial charge in [0.1, 0.15) is 11.4 Å². The Morgan fingerprint density at radius 3 is 2.43 bits per heavy atom. The Hall–Kier alpha value is -3.91. The Bertz CT molecular complexity index is 1550. The summed E-state index contributed by atoms with van der Waals surface area (Å²) >= 11 is 0. The predicted molar refractivity (Wildman–Crippen MR) is 183 cm³/mol. The van der Waals surface area contributed by atoms with E-state index in [1.807, 2.05) is 45.0 Å². The van der Waals surface area contributed by atoms with E-state index in [-0.39, 0.29) is 35.7 Å². The molecule has 3 aliphatic rings. The van der Waals surface area contributed by atoms with Gasteiger partial charge in [0.2, 0.25) is 5.91 Å². The van der Waals surface area contributed by atoms with Crippen LogP contribution in [0.25, 0.3) is 11.1 Å². The van der Waals surface area contributed by atoms with Gasteiger partial charge in [-0.15, -0.1) is 0 Å². The molecule has 8 heteroatoms. The molecule has 2 amide bonds. The fourth-order valence-corrected chi connectivity index (χ4v) is 7.30. The van der Waals surface area contributed by atoms with E-state index in [0.29, 0.717) is 32.7 Å². The van der Waals surface area contributed by atoms with Crippen molar-refractivity contribution in [2.75, 3.05) is 51.3 Å². The normalized spacial score (nSPS) is 21.0. The van der Waals surface area contributed by atoms with Crippen LogP contribution in [0.1, 0.15) is 69.4 Å². The van der Waals surface area contributed by atoms with Crippen molar-refractivity contribution in [1.29, 1.82) is 0 Å². The number of likely N-dealkylation sites (tertiary alicyclic amines) is 1. The third kappa shape index (κ3) is 7.81. The van der Waals surface area contributed by atoms with E-state index in [1.165, 1.54) is 6.07 Å². The van der Waals surface area contributed by atoms with E-state index < -0.39 is 11.5 Å². The topological polar surface area (TPSA) is 62.3 Å². The summed E-state index contributed by atoms with van der Waals surface area (Å²) in [7, 11) is 1.70. The maximum absolute atomic E-state index is 14.9. The molecule has 3 aromatic rings. The van der Waals surface area contributed by atoms with Crippen molar-refractivity contribution in [3.8, 4) is 11.1 Å². The number of amides is 2. The summed E-state index contributed by atoms with van der Waals surface area (Å²) in [6.45, 7) is 9.16. The lowest BCUT2D eigenvalue weighted by Gasteiger charge is -2.41. The minimum Gasteiger partial charge on any atom is -0.444 e. The van der Waals surface area contributed by atoms with Crippen LogP contribution in [-0.4, -0.2) is 79.9 Å². The van der Waals surface area contributed by atoms with Gasteiger partial charge in [-0.25, -0.2) is 9.18 Å². The van der Waals surface area contributed by atoms with Gasteiger partial charge in [0, 0.05) is 64.1 Å². The number of fused-ring (bicyclic) bond motifs is 1. The highest BCUT2D eigenvalue weighted by atomic mass is 19.1. The van der Waals surface area contributed by atoms with Crippen molar-refractivity contribution in [2.24, 2.45) is 5.92 Å². The third-order valence-electron chi connectivity index (χ3n) is 9.68. The van der Waals surface area contributed by atoms with Gasteiger partial charge in [-0.1, -0.05) is 54.6 Å². The van der Waals surface area contributed by atoms with Crippen LogP contribution in [0, 0.1) is 11.7 Å². The highest BCUT2D eigenvalue weighted by molar-refractivity contribution is 5.82. The number of piperidine rings is 1. The van der Waals surface area contributed by atoms with Crippen LogP contribution in [0.2, 0.25) is 0 Å². The highest BCUT2D eigenvalue weighted by Gasteiger charge is 2.45. The SMILES string of the molecule is COCCCN1CC(CN(C(=O)[C@H]2CN(C(=O)OC(C)(C)C)CC[C@@H]2c2cccc(-c3ccccc3)c2)C2CC2)c2cc(F)ccc21. The molecule has 7 nitrogen and oxygen atoms in total. The van der Waals surface area contributed by atoms with Gasteiger partial charge in [0.25, 0.3) is 0 Å². The summed E-state index contributed by atoms with van der Waals surface area (Å²) < 4.78 is 25.6. The molecule has 0 bridgehead atoms. The van der Waals surface area contributed by atoms with Gasteiger partial charge in [-0.3, -0.25) is 4.79 Å². The molecular weight excluding hydrogens is 593 g/mol. The molecule has 0 radical (unpaired) electrons. The smallest absolute Gasteiger partial charge is 0.410 e. The summed E-state index contributed by atoms with van der Waals surface area (Å²) in [6.07, 6.45) is 3.08. The van der Waals surface area contributed by atoms with Crippen molar-refractivity contribution in [3.05, 3.63) is 89.7 Å². The third-order valence-corrected chi connectivity index (χ3v) is 9.68. The molecule has 250 valence electrons. The van der Waals surface area contributed by atoms with Crippen molar-refractivity contribution in [2.45, 2.75) is 69.9 Å². The number of methoxy groups -OCH3 is 1. The zero-order chi connectivity index (χ0) is 33.1. The number of hydrogen-bond donors (Lipinski definition) is 0. The molecule has 1 unspecified atom stereocenters. The first-order valence-electron chi connectivity index (χ1n) is 17.1. The molecule has 2 aliphatic heterocycles. The number of hydrogen-bond acceptors (Lipinski definition) is 5. The van der Waals surface area contributed by atoms with Crippen LogP contribution in [0.15, 0.2) is 72.8 Å². The Morgan fingerprint density at radius 2 is 1.70 bits per heavy atom. The molecule has 2 heterocycles. The molecule has 1 saturated heterocycles. The Morgan fingerprint density at radius 1 is 0.936 bits per heavy atom. The molecule has 1 saturated carbocycles. The fourth-order valence-electron chi connectivity index (χ4n) is 7.30. The van der Waals surface area contributed by atoms with E-state index in [2.05, 4.69) is 46.2 Å². The number of carbonyl (C=O) groups is 2. The largest absolute Gasteiger partial charge is 0.444 e. The fraction of sp³-hybridized carbons (Fsp3) is 0.487. The predicted octanol–water partition coefficient (Wildman–Crippen LogP) is 7.46. The number of benzene rings is 3. The monoisotopic (exact) mass is 641 g/mol. The number of rotatable bonds is 10. The minimum absolute atomic E-state index is 0.00166. The second kappa shape index (κ2) is 14.1. The Labute approximate surface area is 278 Å². The van der Waals surface area contributed by atoms with Crippen LogP contribution in [0.5, 0.6) is 0 Å². The summed E-state index contributed by atoms with van der Waals surface area (Å²) in [5.41, 5.74) is 4.73. The van der Waals surface area contributed by atoms with E-state index in [0.717, 1.165) is 60.3 Å². The molecule has 3 atom stereocenters. The first-order chi connectivity index (χ1) is 22.6. The van der Waals surface area contributed by atoms with Crippen molar-refractivity contribution in [3.63, 3.8) is 0 Å². The Kier molecular flexibility index (Phi) is 9.88. The second-order valence-electron chi connectivity index (χ2n) is 14.3. The van der Waals surface area contributed by atoms with Crippen molar-refractivity contribution < 1.29 is 23.5 Å². The van der Waals surface area contributed by atoms with Gasteiger partial charge < -0.3 is 24.2 Å². The van der Waals surface area contributed by atoms with E-state index in [1.54, 1.807) is 18.1 Å². The van der Waals surface area contributed by atoms with Crippen molar-refractivity contribution >= 4 is 17.7 Å². The summed E-state index contributed by atoms with van der Waals surface area (Å²) in [6, 6.07) is 24.0. The lowest BCUT2D eigenvalue weighted by Crippen LogP contribution is -2.51. The molecule has 1 aliphatic carbocycles. The van der Waals surface area contributed by atoms with Crippen LogP contribution < -0.4 is 4.90 Å². The number of ether oxygens (including phenoxy) is 2. The molecular formula is C39H48FN3O4. The lowest BCUT2D eigenvalue weighted by atomic mass is 9.78. The number of anilines is 1. The van der Waals surface area contributed by atoms with Crippen molar-refractivity contribution in [1.82, 2.24) is 9.80 Å². The maximum atomic E-state index is 14.9. The lowest BCUT2D eigenvalue weighted by molar-refractivity contribution is -0.138. The molecule has 0 aromatic heterocycles. The van der Waals surface area contributed by atoms with E-state index in [4.69, 9.17) is 9.47 Å². The average Bonchev–Trinajstić information content (AvgIpc) is 3.85.